The van der Waals surface area contributed by atoms with E-state index in [0.29, 0.717) is 30.0 Å². The van der Waals surface area contributed by atoms with Crippen LogP contribution < -0.4 is 16.0 Å². The number of fused-ring (bicyclic) bond motifs is 2. The van der Waals surface area contributed by atoms with Crippen LogP contribution in [0.5, 0.6) is 0 Å². The second-order valence-corrected chi connectivity index (χ2v) is 6.72. The van der Waals surface area contributed by atoms with E-state index < -0.39 is 6.09 Å². The average Bonchev–Trinajstić information content (AvgIpc) is 3.24. The summed E-state index contributed by atoms with van der Waals surface area (Å²) in [7, 11) is 0. The average molecular weight is 352 g/mol. The van der Waals surface area contributed by atoms with Crippen LogP contribution in [0.15, 0.2) is 48.5 Å². The molecule has 2 aliphatic rings. The predicted octanol–water partition coefficient (Wildman–Crippen LogP) is 2.46. The first-order valence-corrected chi connectivity index (χ1v) is 8.55. The monoisotopic (exact) mass is 352 g/mol. The number of carboxylic acid groups (broad SMARTS) is 1. The lowest BCUT2D eigenvalue weighted by Gasteiger charge is -2.34. The van der Waals surface area contributed by atoms with E-state index in [2.05, 4.69) is 10.2 Å². The van der Waals surface area contributed by atoms with Gasteiger partial charge in [0, 0.05) is 30.4 Å². The normalized spacial score (nSPS) is 21.1. The summed E-state index contributed by atoms with van der Waals surface area (Å²) in [5, 5.41) is 12.0. The van der Waals surface area contributed by atoms with Crippen molar-refractivity contribution in [3.8, 4) is 0 Å². The van der Waals surface area contributed by atoms with Gasteiger partial charge in [-0.15, -0.1) is 0 Å². The number of anilines is 3. The lowest BCUT2D eigenvalue weighted by Crippen LogP contribution is -2.48. The van der Waals surface area contributed by atoms with E-state index in [1.807, 2.05) is 24.3 Å². The summed E-state index contributed by atoms with van der Waals surface area (Å²) in [5.41, 5.74) is 8.53. The van der Waals surface area contributed by atoms with Gasteiger partial charge in [-0.1, -0.05) is 12.1 Å². The van der Waals surface area contributed by atoms with Crippen molar-refractivity contribution < 1.29 is 14.7 Å². The number of para-hydroxylation sites is 2. The van der Waals surface area contributed by atoms with Gasteiger partial charge in [-0.2, -0.15) is 0 Å². The molecule has 2 aromatic carbocycles. The second kappa shape index (κ2) is 6.25. The smallest absolute Gasteiger partial charge is 0.407 e. The molecule has 0 aliphatic carbocycles. The summed E-state index contributed by atoms with van der Waals surface area (Å²) in [4.78, 5) is 27.3. The van der Waals surface area contributed by atoms with Crippen molar-refractivity contribution in [3.63, 3.8) is 0 Å². The number of amides is 2. The van der Waals surface area contributed by atoms with Gasteiger partial charge in [-0.25, -0.2) is 4.79 Å². The van der Waals surface area contributed by atoms with Gasteiger partial charge >= 0.3 is 6.09 Å². The number of hydrogen-bond donors (Lipinski definition) is 3. The van der Waals surface area contributed by atoms with Crippen LogP contribution >= 0.6 is 0 Å². The molecule has 0 saturated carbocycles. The van der Waals surface area contributed by atoms with Crippen molar-refractivity contribution in [3.05, 3.63) is 54.1 Å². The van der Waals surface area contributed by atoms with Crippen molar-refractivity contribution in [1.82, 2.24) is 4.90 Å². The largest absolute Gasteiger partial charge is 0.465 e. The number of nitrogen functional groups attached to an aromatic ring is 1. The first kappa shape index (κ1) is 16.3. The molecule has 2 aromatic rings. The third kappa shape index (κ3) is 2.81. The molecule has 2 aliphatic heterocycles. The minimum atomic E-state index is -0.843. The van der Waals surface area contributed by atoms with Gasteiger partial charge in [-0.05, 0) is 42.8 Å². The molecule has 7 heteroatoms. The minimum Gasteiger partial charge on any atom is -0.465 e. The first-order valence-electron chi connectivity index (χ1n) is 8.55. The van der Waals surface area contributed by atoms with Gasteiger partial charge in [0.25, 0.3) is 5.91 Å². The zero-order chi connectivity index (χ0) is 18.3. The van der Waals surface area contributed by atoms with E-state index >= 15 is 0 Å². The molecule has 7 nitrogen and oxygen atoms in total. The molecule has 2 fully saturated rings. The summed E-state index contributed by atoms with van der Waals surface area (Å²) in [5.74, 6) is -0.213. The van der Waals surface area contributed by atoms with Gasteiger partial charge in [-0.3, -0.25) is 4.79 Å². The molecule has 2 atom stereocenters. The minimum absolute atomic E-state index is 0.0570. The summed E-state index contributed by atoms with van der Waals surface area (Å²) in [6, 6.07) is 14.8. The SMILES string of the molecule is Nc1ccccc1NC(=O)c1ccc(N2CC3CC2CN3C(=O)O)cc1. The Hall–Kier alpha value is -3.22. The highest BCUT2D eigenvalue weighted by molar-refractivity contribution is 6.05. The van der Waals surface area contributed by atoms with Crippen molar-refractivity contribution >= 4 is 29.1 Å². The fourth-order valence-corrected chi connectivity index (χ4v) is 3.83. The highest BCUT2D eigenvalue weighted by Crippen LogP contribution is 2.34. The van der Waals surface area contributed by atoms with E-state index in [1.54, 1.807) is 24.3 Å². The molecular formula is C19H20N4O3. The molecule has 0 aromatic heterocycles. The lowest BCUT2D eigenvalue weighted by atomic mass is 10.1. The summed E-state index contributed by atoms with van der Waals surface area (Å²) >= 11 is 0. The van der Waals surface area contributed by atoms with Gasteiger partial charge in [0.05, 0.1) is 17.4 Å². The second-order valence-electron chi connectivity index (χ2n) is 6.72. The molecule has 2 bridgehead atoms. The number of nitrogens with two attached hydrogens (primary N) is 1. The van der Waals surface area contributed by atoms with Crippen molar-refractivity contribution in [2.45, 2.75) is 18.5 Å². The standard InChI is InChI=1S/C19H20N4O3/c20-16-3-1-2-4-17(16)21-18(24)12-5-7-13(8-6-12)22-10-15-9-14(22)11-23(15)19(25)26/h1-8,14-15H,9-11,20H2,(H,21,24)(H,25,26). The van der Waals surface area contributed by atoms with Gasteiger partial charge < -0.3 is 26.0 Å². The topological polar surface area (TPSA) is 98.9 Å². The van der Waals surface area contributed by atoms with Crippen LogP contribution in [0.25, 0.3) is 0 Å². The van der Waals surface area contributed by atoms with Crippen LogP contribution in [0.4, 0.5) is 21.9 Å². The van der Waals surface area contributed by atoms with E-state index in [0.717, 1.165) is 12.1 Å². The van der Waals surface area contributed by atoms with Gasteiger partial charge in [0.2, 0.25) is 0 Å². The summed E-state index contributed by atoms with van der Waals surface area (Å²) < 4.78 is 0. The number of hydrogen-bond acceptors (Lipinski definition) is 4. The molecular weight excluding hydrogens is 332 g/mol. The number of benzene rings is 2. The zero-order valence-electron chi connectivity index (χ0n) is 14.1. The Labute approximate surface area is 151 Å². The van der Waals surface area contributed by atoms with E-state index in [4.69, 9.17) is 5.73 Å². The number of rotatable bonds is 3. The number of piperazine rings is 1. The zero-order valence-corrected chi connectivity index (χ0v) is 14.1. The number of carbonyl (C=O) groups is 2. The Kier molecular flexibility index (Phi) is 3.91. The Morgan fingerprint density at radius 2 is 1.77 bits per heavy atom. The van der Waals surface area contributed by atoms with E-state index in [9.17, 15) is 14.7 Å². The number of carbonyl (C=O) groups excluding carboxylic acids is 1. The van der Waals surface area contributed by atoms with Gasteiger partial charge in [0.15, 0.2) is 0 Å². The van der Waals surface area contributed by atoms with Crippen LogP contribution in [0.1, 0.15) is 16.8 Å². The van der Waals surface area contributed by atoms with E-state index in [-0.39, 0.29) is 18.0 Å². The van der Waals surface area contributed by atoms with Crippen LogP contribution in [0.3, 0.4) is 0 Å². The Bertz CT molecular complexity index is 852. The number of likely N-dealkylation sites (tertiary alicyclic amines) is 1. The molecule has 2 heterocycles. The highest BCUT2D eigenvalue weighted by atomic mass is 16.4. The maximum Gasteiger partial charge on any atom is 0.407 e. The third-order valence-corrected chi connectivity index (χ3v) is 5.16. The molecule has 4 rings (SSSR count). The quantitative estimate of drug-likeness (QED) is 0.737. The van der Waals surface area contributed by atoms with Crippen LogP contribution in [-0.4, -0.2) is 47.2 Å². The predicted molar refractivity (Wildman–Crippen MR) is 99.5 cm³/mol. The van der Waals surface area contributed by atoms with Crippen LogP contribution in [-0.2, 0) is 0 Å². The molecule has 0 spiro atoms. The maximum absolute atomic E-state index is 12.4. The highest BCUT2D eigenvalue weighted by Gasteiger charge is 2.45. The Morgan fingerprint density at radius 3 is 2.38 bits per heavy atom. The molecule has 4 N–H and O–H groups in total. The molecule has 134 valence electrons. The summed E-state index contributed by atoms with van der Waals surface area (Å²) in [6.07, 6.45) is 0.0197. The molecule has 2 saturated heterocycles. The first-order chi connectivity index (χ1) is 12.5. The molecule has 2 amide bonds. The van der Waals surface area contributed by atoms with Gasteiger partial charge in [0.1, 0.15) is 0 Å². The fourth-order valence-electron chi connectivity index (χ4n) is 3.83. The molecule has 0 radical (unpaired) electrons. The fraction of sp³-hybridized carbons (Fsp3) is 0.263. The van der Waals surface area contributed by atoms with Crippen LogP contribution in [0.2, 0.25) is 0 Å². The van der Waals surface area contributed by atoms with E-state index in [1.165, 1.54) is 4.90 Å². The lowest BCUT2D eigenvalue weighted by molar-refractivity contribution is 0.102. The maximum atomic E-state index is 12.4. The number of nitrogens with zero attached hydrogens (tertiary/aromatic N) is 2. The Balaban J connectivity index is 1.44. The number of nitrogens with one attached hydrogen (secondary N) is 1. The molecule has 26 heavy (non-hydrogen) atoms. The van der Waals surface area contributed by atoms with Crippen molar-refractivity contribution in [2.75, 3.05) is 29.0 Å². The van der Waals surface area contributed by atoms with Crippen LogP contribution in [0, 0.1) is 0 Å². The third-order valence-electron chi connectivity index (χ3n) is 5.16. The molecule has 2 unspecified atom stereocenters. The van der Waals surface area contributed by atoms with Crippen molar-refractivity contribution in [1.29, 1.82) is 0 Å². The van der Waals surface area contributed by atoms with Crippen molar-refractivity contribution in [2.24, 2.45) is 0 Å². The summed E-state index contributed by atoms with van der Waals surface area (Å²) in [6.45, 7) is 1.23. The Morgan fingerprint density at radius 1 is 1.04 bits per heavy atom.